The van der Waals surface area contributed by atoms with Gasteiger partial charge in [-0.3, -0.25) is 9.69 Å². The maximum absolute atomic E-state index is 12.4. The van der Waals surface area contributed by atoms with Crippen LogP contribution in [0.15, 0.2) is 24.3 Å². The predicted octanol–water partition coefficient (Wildman–Crippen LogP) is 2.78. The number of hydrogen-bond donors (Lipinski definition) is 1. The quantitative estimate of drug-likeness (QED) is 0.809. The number of ether oxygens (including phenoxy) is 1. The highest BCUT2D eigenvalue weighted by Crippen LogP contribution is 2.20. The van der Waals surface area contributed by atoms with Gasteiger partial charge in [0.05, 0.1) is 18.7 Å². The van der Waals surface area contributed by atoms with Gasteiger partial charge < -0.3 is 10.1 Å². The molecule has 1 heterocycles. The van der Waals surface area contributed by atoms with E-state index in [0.717, 1.165) is 0 Å². The monoisotopic (exact) mass is 340 g/mol. The zero-order valence-corrected chi connectivity index (χ0v) is 13.6. The van der Waals surface area contributed by atoms with Gasteiger partial charge in [0.25, 0.3) is 6.43 Å². The summed E-state index contributed by atoms with van der Waals surface area (Å²) in [6.45, 7) is 2.75. The van der Waals surface area contributed by atoms with Gasteiger partial charge in [-0.05, 0) is 51.1 Å². The fraction of sp³-hybridized carbons (Fsp3) is 0.529. The average Bonchev–Trinajstić information content (AvgIpc) is 2.55. The summed E-state index contributed by atoms with van der Waals surface area (Å²) in [5.41, 5.74) is 0.905. The Balaban J connectivity index is 1.89. The van der Waals surface area contributed by atoms with Crippen molar-refractivity contribution < 1.29 is 23.1 Å². The number of esters is 1. The molecule has 1 aromatic rings. The maximum atomic E-state index is 12.4. The average molecular weight is 340 g/mol. The molecule has 1 aromatic carbocycles. The van der Waals surface area contributed by atoms with Crippen LogP contribution < -0.4 is 5.32 Å². The summed E-state index contributed by atoms with van der Waals surface area (Å²) in [5.74, 6) is -0.785. The second-order valence-corrected chi connectivity index (χ2v) is 5.76. The van der Waals surface area contributed by atoms with E-state index in [1.165, 1.54) is 0 Å². The Labute approximate surface area is 140 Å². The Kier molecular flexibility index (Phi) is 6.66. The number of anilines is 1. The van der Waals surface area contributed by atoms with Gasteiger partial charge in [0.2, 0.25) is 5.91 Å². The number of carbonyl (C=O) groups is 2. The third-order valence-electron chi connectivity index (χ3n) is 4.00. The Morgan fingerprint density at radius 3 is 2.67 bits per heavy atom. The smallest absolute Gasteiger partial charge is 0.338 e. The molecule has 132 valence electrons. The number of benzene rings is 1. The molecule has 0 unspecified atom stereocenters. The minimum Gasteiger partial charge on any atom is -0.462 e. The first kappa shape index (κ1) is 18.3. The van der Waals surface area contributed by atoms with E-state index in [0.29, 0.717) is 37.2 Å². The van der Waals surface area contributed by atoms with E-state index >= 15 is 0 Å². The van der Waals surface area contributed by atoms with Crippen LogP contribution in [0.2, 0.25) is 0 Å². The Hall–Kier alpha value is -2.02. The fourth-order valence-electron chi connectivity index (χ4n) is 2.76. The Morgan fingerprint density at radius 1 is 1.33 bits per heavy atom. The lowest BCUT2D eigenvalue weighted by atomic mass is 9.96. The minimum atomic E-state index is -2.35. The molecule has 0 aromatic heterocycles. The highest BCUT2D eigenvalue weighted by Gasteiger charge is 2.26. The highest BCUT2D eigenvalue weighted by atomic mass is 19.3. The molecule has 0 saturated carbocycles. The standard InChI is InChI=1S/C17H22F2N2O3/c1-2-24-17(23)13-4-3-5-14(10-13)20-16(22)12-6-8-21(9-7-12)11-15(18)19/h3-5,10,12,15H,2,6-9,11H2,1H3,(H,20,22). The summed E-state index contributed by atoms with van der Waals surface area (Å²) in [5, 5.41) is 2.79. The van der Waals surface area contributed by atoms with Crippen LogP contribution in [0, 0.1) is 5.92 Å². The van der Waals surface area contributed by atoms with Gasteiger partial charge in [-0.15, -0.1) is 0 Å². The molecule has 0 aliphatic carbocycles. The highest BCUT2D eigenvalue weighted by molar-refractivity contribution is 5.95. The van der Waals surface area contributed by atoms with E-state index in [1.54, 1.807) is 36.1 Å². The minimum absolute atomic E-state index is 0.146. The number of rotatable bonds is 6. The molecule has 1 N–H and O–H groups in total. The van der Waals surface area contributed by atoms with Crippen molar-refractivity contribution in [1.29, 1.82) is 0 Å². The molecule has 0 bridgehead atoms. The topological polar surface area (TPSA) is 58.6 Å². The van der Waals surface area contributed by atoms with Crippen LogP contribution in [0.4, 0.5) is 14.5 Å². The van der Waals surface area contributed by atoms with Crippen LogP contribution in [0.25, 0.3) is 0 Å². The zero-order valence-electron chi connectivity index (χ0n) is 13.6. The molecule has 24 heavy (non-hydrogen) atoms. The molecular formula is C17H22F2N2O3. The van der Waals surface area contributed by atoms with Gasteiger partial charge in [0.15, 0.2) is 0 Å². The van der Waals surface area contributed by atoms with Crippen molar-refractivity contribution in [2.75, 3.05) is 31.6 Å². The number of nitrogens with zero attached hydrogens (tertiary/aromatic N) is 1. The summed E-state index contributed by atoms with van der Waals surface area (Å²) in [6, 6.07) is 6.57. The molecule has 0 radical (unpaired) electrons. The molecule has 1 amide bonds. The number of piperidine rings is 1. The first-order valence-electron chi connectivity index (χ1n) is 8.08. The van der Waals surface area contributed by atoms with Gasteiger partial charge in [0, 0.05) is 11.6 Å². The number of carbonyl (C=O) groups excluding carboxylic acids is 2. The van der Waals surface area contributed by atoms with Gasteiger partial charge in [-0.25, -0.2) is 13.6 Å². The maximum Gasteiger partial charge on any atom is 0.338 e. The predicted molar refractivity (Wildman–Crippen MR) is 86.2 cm³/mol. The van der Waals surface area contributed by atoms with E-state index in [4.69, 9.17) is 4.74 Å². The molecule has 1 saturated heterocycles. The second-order valence-electron chi connectivity index (χ2n) is 5.76. The molecule has 5 nitrogen and oxygen atoms in total. The lowest BCUT2D eigenvalue weighted by Crippen LogP contribution is -2.40. The lowest BCUT2D eigenvalue weighted by molar-refractivity contribution is -0.121. The van der Waals surface area contributed by atoms with E-state index in [9.17, 15) is 18.4 Å². The van der Waals surface area contributed by atoms with Crippen molar-refractivity contribution in [3.05, 3.63) is 29.8 Å². The number of likely N-dealkylation sites (tertiary alicyclic amines) is 1. The second kappa shape index (κ2) is 8.73. The van der Waals surface area contributed by atoms with E-state index in [1.807, 2.05) is 0 Å². The van der Waals surface area contributed by atoms with Crippen LogP contribution in [0.3, 0.4) is 0 Å². The fourth-order valence-corrected chi connectivity index (χ4v) is 2.76. The normalized spacial score (nSPS) is 16.2. The number of amides is 1. The Morgan fingerprint density at radius 2 is 2.04 bits per heavy atom. The van der Waals surface area contributed by atoms with Crippen LogP contribution in [-0.4, -0.2) is 49.4 Å². The Bertz CT molecular complexity index is 573. The summed E-state index contributed by atoms with van der Waals surface area (Å²) in [4.78, 5) is 25.7. The van der Waals surface area contributed by atoms with Gasteiger partial charge in [-0.1, -0.05) is 6.07 Å². The summed E-state index contributed by atoms with van der Waals surface area (Å²) < 4.78 is 29.7. The van der Waals surface area contributed by atoms with Gasteiger partial charge >= 0.3 is 5.97 Å². The van der Waals surface area contributed by atoms with Crippen molar-refractivity contribution in [3.63, 3.8) is 0 Å². The number of halogens is 2. The van der Waals surface area contributed by atoms with Crippen molar-refractivity contribution in [2.24, 2.45) is 5.92 Å². The zero-order chi connectivity index (χ0) is 17.5. The first-order valence-corrected chi connectivity index (χ1v) is 8.08. The molecular weight excluding hydrogens is 318 g/mol. The third kappa shape index (κ3) is 5.26. The SMILES string of the molecule is CCOC(=O)c1cccc(NC(=O)C2CCN(CC(F)F)CC2)c1. The molecule has 7 heteroatoms. The van der Waals surface area contributed by atoms with E-state index in [2.05, 4.69) is 5.32 Å². The number of alkyl halides is 2. The molecule has 2 rings (SSSR count). The number of hydrogen-bond acceptors (Lipinski definition) is 4. The molecule has 1 aliphatic rings. The third-order valence-corrected chi connectivity index (χ3v) is 4.00. The molecule has 1 fully saturated rings. The van der Waals surface area contributed by atoms with Crippen molar-refractivity contribution in [1.82, 2.24) is 4.90 Å². The number of nitrogens with one attached hydrogen (secondary N) is 1. The first-order chi connectivity index (χ1) is 11.5. The molecule has 0 spiro atoms. The van der Waals surface area contributed by atoms with Crippen LogP contribution in [0.1, 0.15) is 30.1 Å². The van der Waals surface area contributed by atoms with Gasteiger partial charge in [-0.2, -0.15) is 0 Å². The lowest BCUT2D eigenvalue weighted by Gasteiger charge is -2.30. The van der Waals surface area contributed by atoms with E-state index in [-0.39, 0.29) is 25.0 Å². The largest absolute Gasteiger partial charge is 0.462 e. The summed E-state index contributed by atoms with van der Waals surface area (Å²) in [6.07, 6.45) is -1.24. The summed E-state index contributed by atoms with van der Waals surface area (Å²) >= 11 is 0. The van der Waals surface area contributed by atoms with Crippen molar-refractivity contribution >= 4 is 17.6 Å². The molecule has 0 atom stereocenters. The summed E-state index contributed by atoms with van der Waals surface area (Å²) in [7, 11) is 0. The van der Waals surface area contributed by atoms with Gasteiger partial charge in [0.1, 0.15) is 0 Å². The van der Waals surface area contributed by atoms with Crippen molar-refractivity contribution in [3.8, 4) is 0 Å². The van der Waals surface area contributed by atoms with Crippen molar-refractivity contribution in [2.45, 2.75) is 26.2 Å². The van der Waals surface area contributed by atoms with E-state index < -0.39 is 12.4 Å². The van der Waals surface area contributed by atoms with Crippen LogP contribution in [-0.2, 0) is 9.53 Å². The van der Waals surface area contributed by atoms with Crippen LogP contribution in [0.5, 0.6) is 0 Å². The van der Waals surface area contributed by atoms with Crippen LogP contribution >= 0.6 is 0 Å². The molecule has 1 aliphatic heterocycles.